The number of likely N-dealkylation sites (tertiary alicyclic amines) is 1. The van der Waals surface area contributed by atoms with Crippen LogP contribution in [-0.4, -0.2) is 41.9 Å². The molecule has 0 aliphatic carbocycles. The Balaban J connectivity index is 2.07. The Morgan fingerprint density at radius 2 is 2.10 bits per heavy atom. The number of hydrogen-bond donors (Lipinski definition) is 2. The van der Waals surface area contributed by atoms with E-state index in [1.54, 1.807) is 17.0 Å². The maximum Gasteiger partial charge on any atom is 0.254 e. The topological polar surface area (TPSA) is 75.4 Å². The summed E-state index contributed by atoms with van der Waals surface area (Å²) in [6, 6.07) is 8.63. The van der Waals surface area contributed by atoms with Gasteiger partial charge in [-0.2, -0.15) is 0 Å². The lowest BCUT2D eigenvalue weighted by molar-refractivity contribution is -0.125. The van der Waals surface area contributed by atoms with E-state index in [0.29, 0.717) is 25.1 Å². The van der Waals surface area contributed by atoms with Crippen LogP contribution < -0.4 is 11.1 Å². The third-order valence-electron chi connectivity index (χ3n) is 3.58. The zero-order valence-electron chi connectivity index (χ0n) is 11.7. The predicted octanol–water partition coefficient (Wildman–Crippen LogP) is 0.755. The molecule has 3 N–H and O–H groups in total. The minimum atomic E-state index is -0.378. The molecule has 0 spiro atoms. The lowest BCUT2D eigenvalue weighted by atomic mass is 10.1. The smallest absolute Gasteiger partial charge is 0.254 e. The van der Waals surface area contributed by atoms with Gasteiger partial charge in [0, 0.05) is 24.7 Å². The molecule has 1 aliphatic rings. The van der Waals surface area contributed by atoms with Crippen LogP contribution in [0.3, 0.4) is 0 Å². The number of nitrogens with one attached hydrogen (secondary N) is 1. The summed E-state index contributed by atoms with van der Waals surface area (Å²) in [5, 5.41) is 2.85. The predicted molar refractivity (Wildman–Crippen MR) is 77.2 cm³/mol. The molecule has 108 valence electrons. The van der Waals surface area contributed by atoms with Crippen molar-refractivity contribution < 1.29 is 9.59 Å². The first-order valence-electron chi connectivity index (χ1n) is 7.00. The van der Waals surface area contributed by atoms with Gasteiger partial charge in [0.05, 0.1) is 0 Å². The number of amides is 2. The lowest BCUT2D eigenvalue weighted by Crippen LogP contribution is -2.49. The highest BCUT2D eigenvalue weighted by Gasteiger charge is 2.34. The quantitative estimate of drug-likeness (QED) is 0.851. The zero-order valence-corrected chi connectivity index (χ0v) is 11.7. The monoisotopic (exact) mass is 275 g/mol. The zero-order chi connectivity index (χ0) is 14.5. The van der Waals surface area contributed by atoms with Crippen LogP contribution >= 0.6 is 0 Å². The van der Waals surface area contributed by atoms with Crippen molar-refractivity contribution in [1.29, 1.82) is 0 Å². The van der Waals surface area contributed by atoms with Crippen LogP contribution in [0.15, 0.2) is 30.3 Å². The third kappa shape index (κ3) is 3.17. The molecule has 0 radical (unpaired) electrons. The molecule has 2 amide bonds. The summed E-state index contributed by atoms with van der Waals surface area (Å²) in [4.78, 5) is 26.3. The van der Waals surface area contributed by atoms with Gasteiger partial charge in [0.25, 0.3) is 5.91 Å². The van der Waals surface area contributed by atoms with Gasteiger partial charge in [0.15, 0.2) is 0 Å². The molecule has 2 rings (SSSR count). The van der Waals surface area contributed by atoms with Crippen LogP contribution in [0.25, 0.3) is 0 Å². The summed E-state index contributed by atoms with van der Waals surface area (Å²) < 4.78 is 0. The van der Waals surface area contributed by atoms with E-state index < -0.39 is 0 Å². The van der Waals surface area contributed by atoms with Crippen LogP contribution in [0, 0.1) is 0 Å². The molecular formula is C15H21N3O2. The Morgan fingerprint density at radius 1 is 1.40 bits per heavy atom. The van der Waals surface area contributed by atoms with Crippen molar-refractivity contribution in [1.82, 2.24) is 10.2 Å². The van der Waals surface area contributed by atoms with Crippen molar-refractivity contribution in [2.75, 3.05) is 13.1 Å². The van der Waals surface area contributed by atoms with Crippen molar-refractivity contribution in [3.63, 3.8) is 0 Å². The Labute approximate surface area is 119 Å². The summed E-state index contributed by atoms with van der Waals surface area (Å²) >= 11 is 0. The minimum Gasteiger partial charge on any atom is -0.351 e. The van der Waals surface area contributed by atoms with E-state index in [1.807, 2.05) is 25.1 Å². The van der Waals surface area contributed by atoms with Crippen molar-refractivity contribution in [2.24, 2.45) is 5.73 Å². The molecule has 1 saturated heterocycles. The van der Waals surface area contributed by atoms with Crippen LogP contribution in [0.4, 0.5) is 0 Å². The molecule has 1 fully saturated rings. The van der Waals surface area contributed by atoms with E-state index in [1.165, 1.54) is 0 Å². The number of benzene rings is 1. The summed E-state index contributed by atoms with van der Waals surface area (Å²) in [6.45, 7) is 2.88. The van der Waals surface area contributed by atoms with Gasteiger partial charge >= 0.3 is 0 Å². The highest BCUT2D eigenvalue weighted by atomic mass is 16.2. The number of nitrogens with zero attached hydrogens (tertiary/aromatic N) is 1. The fraction of sp³-hybridized carbons (Fsp3) is 0.467. The molecule has 1 unspecified atom stereocenters. The van der Waals surface area contributed by atoms with Crippen molar-refractivity contribution in [3.8, 4) is 0 Å². The summed E-state index contributed by atoms with van der Waals surface area (Å²) in [6.07, 6.45) is 1.56. The molecule has 2 atom stereocenters. The Bertz CT molecular complexity index is 475. The Kier molecular flexibility index (Phi) is 4.74. The number of carbonyl (C=O) groups is 2. The molecule has 20 heavy (non-hydrogen) atoms. The first-order valence-corrected chi connectivity index (χ1v) is 7.00. The van der Waals surface area contributed by atoms with Crippen LogP contribution in [0.2, 0.25) is 0 Å². The van der Waals surface area contributed by atoms with Crippen molar-refractivity contribution in [2.45, 2.75) is 31.8 Å². The van der Waals surface area contributed by atoms with Crippen LogP contribution in [0.5, 0.6) is 0 Å². The van der Waals surface area contributed by atoms with E-state index in [-0.39, 0.29) is 23.9 Å². The number of nitrogens with two attached hydrogens (primary N) is 1. The largest absolute Gasteiger partial charge is 0.351 e. The molecule has 1 aromatic carbocycles. The van der Waals surface area contributed by atoms with E-state index >= 15 is 0 Å². The molecule has 1 aromatic rings. The lowest BCUT2D eigenvalue weighted by Gasteiger charge is -2.25. The fourth-order valence-electron chi connectivity index (χ4n) is 2.43. The van der Waals surface area contributed by atoms with E-state index in [9.17, 15) is 9.59 Å². The van der Waals surface area contributed by atoms with Gasteiger partial charge in [-0.3, -0.25) is 9.59 Å². The highest BCUT2D eigenvalue weighted by Crippen LogP contribution is 2.20. The molecule has 0 aromatic heterocycles. The van der Waals surface area contributed by atoms with E-state index in [4.69, 9.17) is 5.73 Å². The minimum absolute atomic E-state index is 0.0724. The molecule has 1 heterocycles. The van der Waals surface area contributed by atoms with Gasteiger partial charge in [-0.25, -0.2) is 0 Å². The number of carbonyl (C=O) groups excluding carboxylic acids is 2. The van der Waals surface area contributed by atoms with Crippen LogP contribution in [0.1, 0.15) is 30.1 Å². The normalized spacial score (nSPS) is 19.7. The first-order chi connectivity index (χ1) is 9.63. The molecule has 0 saturated carbocycles. The first kappa shape index (κ1) is 14.5. The van der Waals surface area contributed by atoms with Gasteiger partial charge in [-0.1, -0.05) is 18.2 Å². The van der Waals surface area contributed by atoms with Gasteiger partial charge in [0.1, 0.15) is 6.04 Å². The van der Waals surface area contributed by atoms with Gasteiger partial charge < -0.3 is 16.0 Å². The average molecular weight is 275 g/mol. The van der Waals surface area contributed by atoms with Crippen LogP contribution in [-0.2, 0) is 4.79 Å². The summed E-state index contributed by atoms with van der Waals surface area (Å²) in [5.74, 6) is -0.187. The molecule has 0 bridgehead atoms. The summed E-state index contributed by atoms with van der Waals surface area (Å²) in [5.41, 5.74) is 6.13. The Hall–Kier alpha value is -1.88. The Morgan fingerprint density at radius 3 is 2.75 bits per heavy atom. The standard InChI is InChI=1S/C15H21N3O2/c1-11(10-16)17-14(19)13-8-5-9-18(13)15(20)12-6-3-2-4-7-12/h2-4,6-7,11,13H,5,8-10,16H2,1H3,(H,17,19)/t11-,13?/m0/s1. The van der Waals surface area contributed by atoms with Gasteiger partial charge in [-0.05, 0) is 31.9 Å². The highest BCUT2D eigenvalue weighted by molar-refractivity contribution is 5.97. The second-order valence-electron chi connectivity index (χ2n) is 5.17. The SMILES string of the molecule is C[C@@H](CN)NC(=O)C1CCCN1C(=O)c1ccccc1. The maximum atomic E-state index is 12.4. The number of hydrogen-bond acceptors (Lipinski definition) is 3. The van der Waals surface area contributed by atoms with Crippen molar-refractivity contribution in [3.05, 3.63) is 35.9 Å². The van der Waals surface area contributed by atoms with Crippen molar-refractivity contribution >= 4 is 11.8 Å². The second-order valence-corrected chi connectivity index (χ2v) is 5.17. The van der Waals surface area contributed by atoms with E-state index in [0.717, 1.165) is 6.42 Å². The number of rotatable bonds is 4. The second kappa shape index (κ2) is 6.52. The fourth-order valence-corrected chi connectivity index (χ4v) is 2.43. The van der Waals surface area contributed by atoms with Gasteiger partial charge in [-0.15, -0.1) is 0 Å². The maximum absolute atomic E-state index is 12.4. The van der Waals surface area contributed by atoms with Gasteiger partial charge in [0.2, 0.25) is 5.91 Å². The third-order valence-corrected chi connectivity index (χ3v) is 3.58. The van der Waals surface area contributed by atoms with E-state index in [2.05, 4.69) is 5.32 Å². The molecule has 1 aliphatic heterocycles. The molecule has 5 nitrogen and oxygen atoms in total. The molecule has 5 heteroatoms. The molecular weight excluding hydrogens is 254 g/mol. The summed E-state index contributed by atoms with van der Waals surface area (Å²) in [7, 11) is 0. The average Bonchev–Trinajstić information content (AvgIpc) is 2.96.